The van der Waals surface area contributed by atoms with Crippen LogP contribution < -0.4 is 25.0 Å². The Hall–Kier alpha value is -3.07. The SMILES string of the molecule is Cc1cc(N2CCOCC2)nc(NCCNC(=O)c2cccc3c2OCCO3)n1. The van der Waals surface area contributed by atoms with Gasteiger partial charge in [-0.2, -0.15) is 4.98 Å². The molecule has 0 atom stereocenters. The van der Waals surface area contributed by atoms with E-state index < -0.39 is 0 Å². The van der Waals surface area contributed by atoms with Crippen LogP contribution in [-0.4, -0.2) is 68.5 Å². The number of benzene rings is 1. The van der Waals surface area contributed by atoms with Gasteiger partial charge < -0.3 is 29.7 Å². The number of aromatic nitrogens is 2. The number of ether oxygens (including phenoxy) is 3. The lowest BCUT2D eigenvalue weighted by atomic mass is 10.1. The molecule has 1 amide bonds. The van der Waals surface area contributed by atoms with Crippen LogP contribution in [0.2, 0.25) is 0 Å². The number of anilines is 2. The molecule has 2 aliphatic heterocycles. The van der Waals surface area contributed by atoms with Crippen LogP contribution in [0.3, 0.4) is 0 Å². The molecule has 1 saturated heterocycles. The van der Waals surface area contributed by atoms with Gasteiger partial charge >= 0.3 is 0 Å². The fraction of sp³-hybridized carbons (Fsp3) is 0.450. The summed E-state index contributed by atoms with van der Waals surface area (Å²) in [5.41, 5.74) is 1.37. The number of hydrogen-bond donors (Lipinski definition) is 2. The predicted molar refractivity (Wildman–Crippen MR) is 108 cm³/mol. The number of para-hydroxylation sites is 1. The summed E-state index contributed by atoms with van der Waals surface area (Å²) in [5.74, 6) is 2.34. The molecule has 0 radical (unpaired) electrons. The van der Waals surface area contributed by atoms with Crippen molar-refractivity contribution in [2.75, 3.05) is 62.8 Å². The van der Waals surface area contributed by atoms with E-state index in [1.165, 1.54) is 0 Å². The summed E-state index contributed by atoms with van der Waals surface area (Å²) in [6.45, 7) is 6.85. The zero-order valence-electron chi connectivity index (χ0n) is 16.4. The molecule has 2 N–H and O–H groups in total. The van der Waals surface area contributed by atoms with Crippen LogP contribution in [0.15, 0.2) is 24.3 Å². The number of nitrogens with one attached hydrogen (secondary N) is 2. The molecule has 0 aliphatic carbocycles. The van der Waals surface area contributed by atoms with Gasteiger partial charge in [-0.05, 0) is 19.1 Å². The standard InChI is InChI=1S/C20H25N5O4/c1-14-13-17(25-7-9-27-10-8-25)24-20(23-14)22-6-5-21-19(26)15-3-2-4-16-18(15)29-12-11-28-16/h2-4,13H,5-12H2,1H3,(H,21,26)(H,22,23,24). The van der Waals surface area contributed by atoms with E-state index in [1.807, 2.05) is 13.0 Å². The first-order chi connectivity index (χ1) is 14.2. The van der Waals surface area contributed by atoms with E-state index in [2.05, 4.69) is 25.5 Å². The minimum atomic E-state index is -0.201. The maximum absolute atomic E-state index is 12.5. The molecule has 29 heavy (non-hydrogen) atoms. The second-order valence-corrected chi connectivity index (χ2v) is 6.80. The van der Waals surface area contributed by atoms with Gasteiger partial charge in [0.2, 0.25) is 5.95 Å². The number of nitrogens with zero attached hydrogens (tertiary/aromatic N) is 3. The molecule has 9 heteroatoms. The largest absolute Gasteiger partial charge is 0.486 e. The Balaban J connectivity index is 1.32. The van der Waals surface area contributed by atoms with Gasteiger partial charge in [0.1, 0.15) is 19.0 Å². The lowest BCUT2D eigenvalue weighted by Gasteiger charge is -2.28. The van der Waals surface area contributed by atoms with Crippen molar-refractivity contribution in [2.24, 2.45) is 0 Å². The second kappa shape index (κ2) is 8.95. The van der Waals surface area contributed by atoms with Gasteiger partial charge in [0.05, 0.1) is 18.8 Å². The van der Waals surface area contributed by atoms with E-state index in [-0.39, 0.29) is 5.91 Å². The number of fused-ring (bicyclic) bond motifs is 1. The number of aryl methyl sites for hydroxylation is 1. The third-order valence-electron chi connectivity index (χ3n) is 4.68. The van der Waals surface area contributed by atoms with Gasteiger partial charge in [-0.15, -0.1) is 0 Å². The van der Waals surface area contributed by atoms with Crippen molar-refractivity contribution in [3.05, 3.63) is 35.5 Å². The topological polar surface area (TPSA) is 97.8 Å². The van der Waals surface area contributed by atoms with Crippen molar-refractivity contribution < 1.29 is 19.0 Å². The van der Waals surface area contributed by atoms with E-state index in [0.29, 0.717) is 62.5 Å². The number of morpholine rings is 1. The van der Waals surface area contributed by atoms with Gasteiger partial charge in [0, 0.05) is 37.9 Å². The molecule has 3 heterocycles. The maximum Gasteiger partial charge on any atom is 0.255 e. The van der Waals surface area contributed by atoms with Crippen molar-refractivity contribution in [3.63, 3.8) is 0 Å². The number of rotatable bonds is 6. The molecule has 1 aromatic carbocycles. The highest BCUT2D eigenvalue weighted by Crippen LogP contribution is 2.33. The minimum Gasteiger partial charge on any atom is -0.486 e. The van der Waals surface area contributed by atoms with Crippen LogP contribution in [0.1, 0.15) is 16.1 Å². The third-order valence-corrected chi connectivity index (χ3v) is 4.68. The van der Waals surface area contributed by atoms with Crippen LogP contribution in [0.4, 0.5) is 11.8 Å². The molecule has 1 aromatic heterocycles. The van der Waals surface area contributed by atoms with Crippen LogP contribution in [-0.2, 0) is 4.74 Å². The minimum absolute atomic E-state index is 0.201. The molecule has 0 bridgehead atoms. The summed E-state index contributed by atoms with van der Waals surface area (Å²) in [6, 6.07) is 7.29. The third kappa shape index (κ3) is 4.68. The Bertz CT molecular complexity index is 870. The molecular formula is C20H25N5O4. The first kappa shape index (κ1) is 19.3. The highest BCUT2D eigenvalue weighted by atomic mass is 16.6. The van der Waals surface area contributed by atoms with Gasteiger partial charge in [-0.3, -0.25) is 4.79 Å². The summed E-state index contributed by atoms with van der Waals surface area (Å²) in [7, 11) is 0. The van der Waals surface area contributed by atoms with Gasteiger partial charge in [-0.25, -0.2) is 4.98 Å². The van der Waals surface area contributed by atoms with Crippen LogP contribution in [0, 0.1) is 6.92 Å². The summed E-state index contributed by atoms with van der Waals surface area (Å²) in [6.07, 6.45) is 0. The Labute approximate surface area is 169 Å². The highest BCUT2D eigenvalue weighted by Gasteiger charge is 2.20. The summed E-state index contributed by atoms with van der Waals surface area (Å²) in [4.78, 5) is 23.7. The van der Waals surface area contributed by atoms with E-state index in [1.54, 1.807) is 18.2 Å². The molecule has 0 spiro atoms. The van der Waals surface area contributed by atoms with Crippen molar-refractivity contribution in [3.8, 4) is 11.5 Å². The fourth-order valence-corrected chi connectivity index (χ4v) is 3.28. The van der Waals surface area contributed by atoms with Crippen LogP contribution in [0.25, 0.3) is 0 Å². The number of carbonyl (C=O) groups excluding carboxylic acids is 1. The first-order valence-electron chi connectivity index (χ1n) is 9.80. The fourth-order valence-electron chi connectivity index (χ4n) is 3.28. The van der Waals surface area contributed by atoms with Gasteiger partial charge in [0.25, 0.3) is 5.91 Å². The monoisotopic (exact) mass is 399 g/mol. The van der Waals surface area contributed by atoms with Gasteiger partial charge in [-0.1, -0.05) is 6.07 Å². The quantitative estimate of drug-likeness (QED) is 0.700. The molecule has 0 saturated carbocycles. The zero-order valence-corrected chi connectivity index (χ0v) is 16.4. The molecule has 0 unspecified atom stereocenters. The number of hydrogen-bond acceptors (Lipinski definition) is 8. The summed E-state index contributed by atoms with van der Waals surface area (Å²) < 4.78 is 16.5. The smallest absolute Gasteiger partial charge is 0.255 e. The number of amides is 1. The zero-order chi connectivity index (χ0) is 20.1. The normalized spacial score (nSPS) is 15.7. The average Bonchev–Trinajstić information content (AvgIpc) is 2.76. The molecule has 9 nitrogen and oxygen atoms in total. The van der Waals surface area contributed by atoms with Crippen molar-refractivity contribution >= 4 is 17.7 Å². The van der Waals surface area contributed by atoms with Gasteiger partial charge in [0.15, 0.2) is 11.5 Å². The second-order valence-electron chi connectivity index (χ2n) is 6.80. The molecule has 2 aliphatic rings. The Morgan fingerprint density at radius 1 is 1.10 bits per heavy atom. The number of carbonyl (C=O) groups is 1. The molecular weight excluding hydrogens is 374 g/mol. The average molecular weight is 399 g/mol. The maximum atomic E-state index is 12.5. The Kier molecular flexibility index (Phi) is 5.95. The van der Waals surface area contributed by atoms with E-state index in [9.17, 15) is 4.79 Å². The summed E-state index contributed by atoms with van der Waals surface area (Å²) >= 11 is 0. The lowest BCUT2D eigenvalue weighted by Crippen LogP contribution is -2.37. The Morgan fingerprint density at radius 3 is 2.79 bits per heavy atom. The molecule has 4 rings (SSSR count). The molecule has 154 valence electrons. The highest BCUT2D eigenvalue weighted by molar-refractivity contribution is 5.97. The predicted octanol–water partition coefficient (Wildman–Crippen LogP) is 1.23. The summed E-state index contributed by atoms with van der Waals surface area (Å²) in [5, 5.41) is 6.08. The van der Waals surface area contributed by atoms with E-state index in [4.69, 9.17) is 14.2 Å². The first-order valence-corrected chi connectivity index (χ1v) is 9.80. The molecule has 2 aromatic rings. The molecule has 1 fully saturated rings. The van der Waals surface area contributed by atoms with Crippen molar-refractivity contribution in [1.29, 1.82) is 0 Å². The van der Waals surface area contributed by atoms with Crippen molar-refractivity contribution in [2.45, 2.75) is 6.92 Å². The van der Waals surface area contributed by atoms with E-state index >= 15 is 0 Å². The lowest BCUT2D eigenvalue weighted by molar-refractivity contribution is 0.0944. The van der Waals surface area contributed by atoms with Crippen LogP contribution in [0.5, 0.6) is 11.5 Å². The Morgan fingerprint density at radius 2 is 1.93 bits per heavy atom. The van der Waals surface area contributed by atoms with Crippen molar-refractivity contribution in [1.82, 2.24) is 15.3 Å². The van der Waals surface area contributed by atoms with Crippen LogP contribution >= 0.6 is 0 Å². The van der Waals surface area contributed by atoms with E-state index in [0.717, 1.165) is 24.6 Å².